The number of anilines is 2. The fourth-order valence-electron chi connectivity index (χ4n) is 2.96. The van der Waals surface area contributed by atoms with Crippen molar-refractivity contribution in [2.75, 3.05) is 16.2 Å². The summed E-state index contributed by atoms with van der Waals surface area (Å²) in [6, 6.07) is 10.5. The first-order chi connectivity index (χ1) is 14.1. The highest BCUT2D eigenvalue weighted by atomic mass is 35.5. The van der Waals surface area contributed by atoms with Gasteiger partial charge >= 0.3 is 0 Å². The van der Waals surface area contributed by atoms with Gasteiger partial charge in [-0.15, -0.1) is 0 Å². The number of amides is 1. The maximum absolute atomic E-state index is 13.4. The molecule has 0 unspecified atom stereocenters. The van der Waals surface area contributed by atoms with Gasteiger partial charge in [0.05, 0.1) is 22.1 Å². The molecule has 0 aliphatic rings. The Bertz CT molecular complexity index is 1170. The first-order valence-electron chi connectivity index (χ1n) is 8.95. The zero-order valence-corrected chi connectivity index (χ0v) is 18.1. The van der Waals surface area contributed by atoms with Crippen molar-refractivity contribution in [1.82, 2.24) is 10.2 Å². The molecule has 7 nitrogen and oxygen atoms in total. The van der Waals surface area contributed by atoms with Crippen LogP contribution in [0.2, 0.25) is 5.02 Å². The van der Waals surface area contributed by atoms with Gasteiger partial charge in [-0.25, -0.2) is 12.8 Å². The van der Waals surface area contributed by atoms with Crippen LogP contribution in [0.25, 0.3) is 0 Å². The number of hydrogen-bond acceptors (Lipinski definition) is 4. The van der Waals surface area contributed by atoms with Crippen molar-refractivity contribution >= 4 is 38.9 Å². The van der Waals surface area contributed by atoms with Crippen LogP contribution in [0.4, 0.5) is 15.8 Å². The molecule has 158 valence electrons. The highest BCUT2D eigenvalue weighted by Gasteiger charge is 2.31. The number of aryl methyl sites for hydroxylation is 3. The molecule has 0 bridgehead atoms. The Labute approximate surface area is 178 Å². The minimum atomic E-state index is -4.09. The molecule has 2 aromatic carbocycles. The monoisotopic (exact) mass is 450 g/mol. The van der Waals surface area contributed by atoms with Crippen molar-refractivity contribution in [1.29, 1.82) is 0 Å². The molecule has 0 aliphatic heterocycles. The van der Waals surface area contributed by atoms with Crippen LogP contribution in [0, 0.1) is 26.6 Å². The molecule has 0 spiro atoms. The van der Waals surface area contributed by atoms with Crippen molar-refractivity contribution in [3.05, 3.63) is 70.3 Å². The van der Waals surface area contributed by atoms with Gasteiger partial charge in [-0.2, -0.15) is 5.10 Å². The van der Waals surface area contributed by atoms with E-state index in [2.05, 4.69) is 15.5 Å². The molecule has 1 aromatic heterocycles. The standard InChI is InChI=1S/C20H20ClFN4O3S/c1-12-4-7-16(8-5-12)26(30(28,29)20-13(2)24-25-14(20)3)11-19(27)23-15-6-9-18(22)17(21)10-15/h4-10H,11H2,1-3H3,(H,23,27)(H,24,25). The Morgan fingerprint density at radius 2 is 1.83 bits per heavy atom. The van der Waals surface area contributed by atoms with Crippen LogP contribution < -0.4 is 9.62 Å². The summed E-state index contributed by atoms with van der Waals surface area (Å²) in [6.07, 6.45) is 0. The van der Waals surface area contributed by atoms with Gasteiger partial charge in [0.15, 0.2) is 0 Å². The lowest BCUT2D eigenvalue weighted by Gasteiger charge is -2.24. The molecule has 0 aliphatic carbocycles. The fraction of sp³-hybridized carbons (Fsp3) is 0.200. The quantitative estimate of drug-likeness (QED) is 0.594. The second-order valence-corrected chi connectivity index (χ2v) is 8.99. The normalized spacial score (nSPS) is 11.4. The molecule has 3 rings (SSSR count). The van der Waals surface area contributed by atoms with Gasteiger partial charge in [-0.1, -0.05) is 29.3 Å². The highest BCUT2D eigenvalue weighted by Crippen LogP contribution is 2.27. The lowest BCUT2D eigenvalue weighted by atomic mass is 10.2. The second kappa shape index (κ2) is 8.45. The topological polar surface area (TPSA) is 95.2 Å². The van der Waals surface area contributed by atoms with E-state index in [0.29, 0.717) is 17.1 Å². The average molecular weight is 451 g/mol. The zero-order chi connectivity index (χ0) is 22.1. The predicted octanol–water partition coefficient (Wildman–Crippen LogP) is 3.96. The van der Waals surface area contributed by atoms with E-state index in [1.54, 1.807) is 38.1 Å². The smallest absolute Gasteiger partial charge is 0.268 e. The largest absolute Gasteiger partial charge is 0.324 e. The van der Waals surface area contributed by atoms with Crippen LogP contribution in [-0.4, -0.2) is 31.1 Å². The van der Waals surface area contributed by atoms with Gasteiger partial charge < -0.3 is 5.32 Å². The number of aromatic nitrogens is 2. The van der Waals surface area contributed by atoms with E-state index in [1.807, 2.05) is 6.92 Å². The van der Waals surface area contributed by atoms with Crippen LogP contribution in [-0.2, 0) is 14.8 Å². The van der Waals surface area contributed by atoms with Gasteiger partial charge in [0.1, 0.15) is 17.3 Å². The zero-order valence-electron chi connectivity index (χ0n) is 16.5. The third kappa shape index (κ3) is 4.47. The summed E-state index contributed by atoms with van der Waals surface area (Å²) in [5.74, 6) is -1.23. The minimum Gasteiger partial charge on any atom is -0.324 e. The van der Waals surface area contributed by atoms with Gasteiger partial charge in [0.2, 0.25) is 5.91 Å². The molecule has 1 heterocycles. The molecule has 10 heteroatoms. The SMILES string of the molecule is Cc1ccc(N(CC(=O)Nc2ccc(F)c(Cl)c2)S(=O)(=O)c2c(C)n[nH]c2C)cc1. The molecule has 0 saturated carbocycles. The number of rotatable bonds is 6. The van der Waals surface area contributed by atoms with Crippen LogP contribution in [0.15, 0.2) is 47.4 Å². The first kappa shape index (κ1) is 21.8. The Hall–Kier alpha value is -2.91. The number of hydrogen-bond donors (Lipinski definition) is 2. The van der Waals surface area contributed by atoms with E-state index < -0.39 is 28.3 Å². The summed E-state index contributed by atoms with van der Waals surface area (Å²) >= 11 is 5.75. The third-order valence-electron chi connectivity index (χ3n) is 4.42. The molecule has 0 fully saturated rings. The van der Waals surface area contributed by atoms with Gasteiger partial charge in [-0.3, -0.25) is 14.2 Å². The predicted molar refractivity (Wildman–Crippen MR) is 114 cm³/mol. The van der Waals surface area contributed by atoms with E-state index in [1.165, 1.54) is 12.1 Å². The minimum absolute atomic E-state index is 0.0145. The fourth-order valence-corrected chi connectivity index (χ4v) is 4.90. The number of sulfonamides is 1. The molecule has 1 amide bonds. The average Bonchev–Trinajstić information content (AvgIpc) is 3.02. The molecule has 0 saturated heterocycles. The molecule has 2 N–H and O–H groups in total. The van der Waals surface area contributed by atoms with Crippen molar-refractivity contribution < 1.29 is 17.6 Å². The maximum atomic E-state index is 13.4. The summed E-state index contributed by atoms with van der Waals surface area (Å²) in [5.41, 5.74) is 2.19. The molecule has 0 atom stereocenters. The second-order valence-electron chi connectivity index (χ2n) is 6.79. The van der Waals surface area contributed by atoms with E-state index >= 15 is 0 Å². The number of carbonyl (C=O) groups excluding carboxylic acids is 1. The molecule has 3 aromatic rings. The Balaban J connectivity index is 1.96. The van der Waals surface area contributed by atoms with Crippen LogP contribution in [0.1, 0.15) is 17.0 Å². The lowest BCUT2D eigenvalue weighted by Crippen LogP contribution is -2.38. The summed E-state index contributed by atoms with van der Waals surface area (Å²) in [7, 11) is -4.09. The third-order valence-corrected chi connectivity index (χ3v) is 6.75. The first-order valence-corrected chi connectivity index (χ1v) is 10.8. The van der Waals surface area contributed by atoms with Crippen molar-refractivity contribution in [2.45, 2.75) is 25.7 Å². The van der Waals surface area contributed by atoms with Gasteiger partial charge in [0.25, 0.3) is 10.0 Å². The van der Waals surface area contributed by atoms with Crippen molar-refractivity contribution in [3.63, 3.8) is 0 Å². The summed E-state index contributed by atoms with van der Waals surface area (Å²) in [5, 5.41) is 9.01. The van der Waals surface area contributed by atoms with Crippen LogP contribution >= 0.6 is 11.6 Å². The number of nitrogens with zero attached hydrogens (tertiary/aromatic N) is 2. The summed E-state index contributed by atoms with van der Waals surface area (Å²) in [4.78, 5) is 12.7. The number of H-pyrrole nitrogens is 1. The molecular formula is C20H20ClFN4O3S. The van der Waals surface area contributed by atoms with E-state index in [0.717, 1.165) is 15.9 Å². The number of carbonyl (C=O) groups is 1. The number of nitrogens with one attached hydrogen (secondary N) is 2. The number of aromatic amines is 1. The lowest BCUT2D eigenvalue weighted by molar-refractivity contribution is -0.114. The van der Waals surface area contributed by atoms with Crippen LogP contribution in [0.3, 0.4) is 0 Å². The Kier molecular flexibility index (Phi) is 6.14. The van der Waals surface area contributed by atoms with E-state index in [-0.39, 0.29) is 15.6 Å². The molecular weight excluding hydrogens is 431 g/mol. The van der Waals surface area contributed by atoms with Gasteiger partial charge in [0, 0.05) is 5.69 Å². The molecule has 0 radical (unpaired) electrons. The number of halogens is 2. The van der Waals surface area contributed by atoms with E-state index in [9.17, 15) is 17.6 Å². The van der Waals surface area contributed by atoms with Crippen molar-refractivity contribution in [3.8, 4) is 0 Å². The van der Waals surface area contributed by atoms with E-state index in [4.69, 9.17) is 11.6 Å². The maximum Gasteiger partial charge on any atom is 0.268 e. The highest BCUT2D eigenvalue weighted by molar-refractivity contribution is 7.93. The summed E-state index contributed by atoms with van der Waals surface area (Å²) in [6.45, 7) is 4.55. The number of benzene rings is 2. The Morgan fingerprint density at radius 3 is 2.40 bits per heavy atom. The summed E-state index contributed by atoms with van der Waals surface area (Å²) < 4.78 is 41.2. The Morgan fingerprint density at radius 1 is 1.17 bits per heavy atom. The van der Waals surface area contributed by atoms with Crippen molar-refractivity contribution in [2.24, 2.45) is 0 Å². The van der Waals surface area contributed by atoms with Gasteiger partial charge in [-0.05, 0) is 51.1 Å². The van der Waals surface area contributed by atoms with Crippen LogP contribution in [0.5, 0.6) is 0 Å². The molecule has 30 heavy (non-hydrogen) atoms.